The number of nitrogens with zero attached hydrogens (tertiary/aromatic N) is 1. The second kappa shape index (κ2) is 7.05. The van der Waals surface area contributed by atoms with Gasteiger partial charge in [0.2, 0.25) is 5.69 Å². The molecule has 1 heterocycles. The van der Waals surface area contributed by atoms with Crippen molar-refractivity contribution in [1.82, 2.24) is 5.27 Å². The van der Waals surface area contributed by atoms with Crippen LogP contribution in [-0.2, 0) is 12.0 Å². The fraction of sp³-hybridized carbons (Fsp3) is 0.0909. The van der Waals surface area contributed by atoms with E-state index < -0.39 is 11.2 Å². The van der Waals surface area contributed by atoms with E-state index in [1.165, 1.54) is 0 Å². The van der Waals surface area contributed by atoms with Crippen LogP contribution in [0.4, 0.5) is 0 Å². The SMILES string of the molecule is O=c1o[nH][n+](-c2ccccc2)c1CC(O)(c1ccccc1)c1ccccc1. The minimum absolute atomic E-state index is 0.0573. The second-order valence-corrected chi connectivity index (χ2v) is 6.37. The highest BCUT2D eigenvalue weighted by Crippen LogP contribution is 2.32. The zero-order chi connectivity index (χ0) is 18.7. The van der Waals surface area contributed by atoms with E-state index in [-0.39, 0.29) is 6.42 Å². The molecule has 0 amide bonds. The molecule has 0 bridgehead atoms. The topological polar surface area (TPSA) is 70.1 Å². The Kier molecular flexibility index (Phi) is 4.44. The number of rotatable bonds is 5. The molecule has 5 nitrogen and oxygen atoms in total. The standard InChI is InChI=1S/C22H18N2O3/c25-21-20(24(23-27-21)19-14-8-3-9-15-19)16-22(26,17-10-4-1-5-11-17)18-12-6-2-7-13-18/h1-15,26H,16H2/p+1. The Morgan fingerprint density at radius 2 is 1.30 bits per heavy atom. The highest BCUT2D eigenvalue weighted by molar-refractivity contribution is 5.37. The van der Waals surface area contributed by atoms with Crippen LogP contribution in [0.25, 0.3) is 5.69 Å². The third kappa shape index (κ3) is 3.20. The average Bonchev–Trinajstić information content (AvgIpc) is 3.10. The maximum Gasteiger partial charge on any atom is 0.430 e. The third-order valence-electron chi connectivity index (χ3n) is 4.68. The van der Waals surface area contributed by atoms with Crippen LogP contribution in [-0.4, -0.2) is 10.4 Å². The first-order valence-electron chi connectivity index (χ1n) is 8.70. The molecular formula is C22H19N2O3+. The van der Waals surface area contributed by atoms with Gasteiger partial charge < -0.3 is 5.11 Å². The lowest BCUT2D eigenvalue weighted by Gasteiger charge is -2.27. The maximum absolute atomic E-state index is 12.4. The molecule has 0 aliphatic heterocycles. The summed E-state index contributed by atoms with van der Waals surface area (Å²) in [6, 6.07) is 28.0. The van der Waals surface area contributed by atoms with Crippen molar-refractivity contribution in [3.8, 4) is 5.69 Å². The van der Waals surface area contributed by atoms with Gasteiger partial charge in [0.1, 0.15) is 5.60 Å². The van der Waals surface area contributed by atoms with E-state index in [2.05, 4.69) is 5.27 Å². The number of para-hydroxylation sites is 1. The van der Waals surface area contributed by atoms with Crippen LogP contribution >= 0.6 is 0 Å². The lowest BCUT2D eigenvalue weighted by atomic mass is 9.82. The quantitative estimate of drug-likeness (QED) is 0.538. The Balaban J connectivity index is 1.86. The van der Waals surface area contributed by atoms with Crippen LogP contribution < -0.4 is 10.3 Å². The van der Waals surface area contributed by atoms with Crippen molar-refractivity contribution < 1.29 is 14.3 Å². The van der Waals surface area contributed by atoms with Crippen molar-refractivity contribution in [2.24, 2.45) is 0 Å². The van der Waals surface area contributed by atoms with Crippen molar-refractivity contribution in [3.63, 3.8) is 0 Å². The Morgan fingerprint density at radius 3 is 1.81 bits per heavy atom. The molecule has 1 aromatic heterocycles. The van der Waals surface area contributed by atoms with E-state index in [9.17, 15) is 9.90 Å². The van der Waals surface area contributed by atoms with Crippen LogP contribution in [0.2, 0.25) is 0 Å². The number of aromatic amines is 1. The van der Waals surface area contributed by atoms with Crippen molar-refractivity contribution in [3.05, 3.63) is 118 Å². The number of hydrogen-bond donors (Lipinski definition) is 2. The minimum Gasteiger partial charge on any atom is -0.380 e. The van der Waals surface area contributed by atoms with Crippen molar-refractivity contribution >= 4 is 0 Å². The van der Waals surface area contributed by atoms with Gasteiger partial charge >= 0.3 is 11.3 Å². The zero-order valence-corrected chi connectivity index (χ0v) is 14.6. The van der Waals surface area contributed by atoms with E-state index in [4.69, 9.17) is 4.52 Å². The Hall–Kier alpha value is -3.44. The molecule has 0 saturated carbocycles. The van der Waals surface area contributed by atoms with Gasteiger partial charge in [0, 0.05) is 12.1 Å². The summed E-state index contributed by atoms with van der Waals surface area (Å²) in [4.78, 5) is 12.4. The largest absolute Gasteiger partial charge is 0.430 e. The second-order valence-electron chi connectivity index (χ2n) is 6.37. The lowest BCUT2D eigenvalue weighted by molar-refractivity contribution is -0.678. The first-order chi connectivity index (χ1) is 13.2. The van der Waals surface area contributed by atoms with E-state index in [0.717, 1.165) is 5.69 Å². The third-order valence-corrected chi connectivity index (χ3v) is 4.68. The van der Waals surface area contributed by atoms with Gasteiger partial charge in [0.25, 0.3) is 0 Å². The van der Waals surface area contributed by atoms with Crippen LogP contribution in [0.5, 0.6) is 0 Å². The highest BCUT2D eigenvalue weighted by Gasteiger charge is 2.38. The maximum atomic E-state index is 12.4. The molecule has 5 heteroatoms. The number of aliphatic hydroxyl groups is 1. The highest BCUT2D eigenvalue weighted by atomic mass is 16.5. The van der Waals surface area contributed by atoms with Crippen LogP contribution in [0.3, 0.4) is 0 Å². The van der Waals surface area contributed by atoms with Gasteiger partial charge in [0.15, 0.2) is 0 Å². The zero-order valence-electron chi connectivity index (χ0n) is 14.6. The molecule has 0 radical (unpaired) electrons. The summed E-state index contributed by atoms with van der Waals surface area (Å²) in [5.74, 6) is 0. The molecule has 134 valence electrons. The average molecular weight is 359 g/mol. The molecule has 0 aliphatic rings. The summed E-state index contributed by atoms with van der Waals surface area (Å²) >= 11 is 0. The number of benzene rings is 3. The summed E-state index contributed by atoms with van der Waals surface area (Å²) < 4.78 is 6.61. The molecule has 0 fully saturated rings. The van der Waals surface area contributed by atoms with Crippen molar-refractivity contribution in [1.29, 1.82) is 0 Å². The molecule has 0 spiro atoms. The van der Waals surface area contributed by atoms with Gasteiger partial charge in [-0.1, -0.05) is 78.9 Å². The number of H-pyrrole nitrogens is 1. The van der Waals surface area contributed by atoms with Crippen LogP contribution in [0, 0.1) is 0 Å². The lowest BCUT2D eigenvalue weighted by Crippen LogP contribution is -2.43. The molecule has 4 rings (SSSR count). The fourth-order valence-electron chi connectivity index (χ4n) is 3.27. The summed E-state index contributed by atoms with van der Waals surface area (Å²) in [6.07, 6.45) is 0.0573. The number of aromatic nitrogens is 2. The summed E-state index contributed by atoms with van der Waals surface area (Å²) in [5.41, 5.74) is 0.603. The minimum atomic E-state index is -1.38. The van der Waals surface area contributed by atoms with Crippen molar-refractivity contribution in [2.45, 2.75) is 12.0 Å². The smallest absolute Gasteiger partial charge is 0.380 e. The number of hydrogen-bond acceptors (Lipinski definition) is 3. The van der Waals surface area contributed by atoms with E-state index in [1.54, 1.807) is 4.68 Å². The van der Waals surface area contributed by atoms with E-state index in [1.807, 2.05) is 91.0 Å². The molecule has 3 aromatic carbocycles. The molecule has 4 aromatic rings. The van der Waals surface area contributed by atoms with Gasteiger partial charge in [0.05, 0.1) is 6.42 Å². The van der Waals surface area contributed by atoms with E-state index >= 15 is 0 Å². The number of nitrogens with one attached hydrogen (secondary N) is 1. The summed E-state index contributed by atoms with van der Waals surface area (Å²) in [5, 5.41) is 14.3. The monoisotopic (exact) mass is 359 g/mol. The van der Waals surface area contributed by atoms with Crippen molar-refractivity contribution in [2.75, 3.05) is 0 Å². The molecule has 2 N–H and O–H groups in total. The van der Waals surface area contributed by atoms with Crippen LogP contribution in [0.1, 0.15) is 16.8 Å². The van der Waals surface area contributed by atoms with Gasteiger partial charge in [-0.25, -0.2) is 4.79 Å². The predicted octanol–water partition coefficient (Wildman–Crippen LogP) is 2.72. The molecule has 0 unspecified atom stereocenters. The molecule has 27 heavy (non-hydrogen) atoms. The summed E-state index contributed by atoms with van der Waals surface area (Å²) in [7, 11) is 0. The van der Waals surface area contributed by atoms with Gasteiger partial charge in [-0.2, -0.15) is 0 Å². The molecule has 0 aliphatic carbocycles. The summed E-state index contributed by atoms with van der Waals surface area (Å²) in [6.45, 7) is 0. The Bertz CT molecular complexity index is 1030. The van der Waals surface area contributed by atoms with Gasteiger partial charge in [-0.15, -0.1) is 0 Å². The normalized spacial score (nSPS) is 11.4. The predicted molar refractivity (Wildman–Crippen MR) is 100 cm³/mol. The van der Waals surface area contributed by atoms with Gasteiger partial charge in [-0.05, 0) is 21.1 Å². The Labute approximate surface area is 156 Å². The van der Waals surface area contributed by atoms with Crippen LogP contribution in [0.15, 0.2) is 100 Å². The first kappa shape index (κ1) is 17.0. The van der Waals surface area contributed by atoms with E-state index in [0.29, 0.717) is 16.8 Å². The molecule has 0 saturated heterocycles. The van der Waals surface area contributed by atoms with Gasteiger partial charge in [-0.3, -0.25) is 4.52 Å². The first-order valence-corrected chi connectivity index (χ1v) is 8.70. The molecule has 0 atom stereocenters. The molecular weight excluding hydrogens is 340 g/mol. The Morgan fingerprint density at radius 1 is 0.815 bits per heavy atom. The fourth-order valence-corrected chi connectivity index (χ4v) is 3.27.